The lowest BCUT2D eigenvalue weighted by Gasteiger charge is -2.19. The maximum absolute atomic E-state index is 10.9. The van der Waals surface area contributed by atoms with Crippen molar-refractivity contribution in [2.24, 2.45) is 7.05 Å². The minimum Gasteiger partial charge on any atom is -0.356 e. The average molecular weight is 466 g/mol. The Morgan fingerprint density at radius 1 is 1.21 bits per heavy atom. The monoisotopic (exact) mass is 465 g/mol. The minimum atomic E-state index is 0.705. The Morgan fingerprint density at radius 2 is 2.03 bits per heavy atom. The number of aldehydes is 1. The van der Waals surface area contributed by atoms with E-state index in [2.05, 4.69) is 35.5 Å². The van der Waals surface area contributed by atoms with Crippen LogP contribution in [0.4, 0.5) is 5.82 Å². The molecule has 0 radical (unpaired) electrons. The van der Waals surface area contributed by atoms with Gasteiger partial charge >= 0.3 is 0 Å². The first kappa shape index (κ1) is 23.4. The van der Waals surface area contributed by atoms with Gasteiger partial charge in [0.2, 0.25) is 0 Å². The summed E-state index contributed by atoms with van der Waals surface area (Å²) in [4.78, 5) is 27.2. The molecule has 2 aliphatic rings. The number of carbonyl (C=O) groups is 1. The van der Waals surface area contributed by atoms with Crippen LogP contribution >= 0.6 is 11.9 Å². The van der Waals surface area contributed by atoms with Crippen molar-refractivity contribution in [3.63, 3.8) is 0 Å². The van der Waals surface area contributed by atoms with Crippen LogP contribution in [0, 0.1) is 6.92 Å². The molecule has 8 nitrogen and oxygen atoms in total. The van der Waals surface area contributed by atoms with Crippen LogP contribution in [0.5, 0.6) is 0 Å². The molecule has 0 unspecified atom stereocenters. The fraction of sp³-hybridized carbons (Fsp3) is 0.417. The standard InChI is InChI=1S/C13H14N4OS.C11H17N3/c1-9-13(3-11(7-18)16(9)2)19-17-5-10-4-14-8-15-12(10)6-17;1-12-9-10-5-4-6-13-11(10)14-7-2-3-8-14/h3-4,7-8H,5-6H2,1-2H3;4-6,12H,2-3,7-9H2,1H3. The van der Waals surface area contributed by atoms with E-state index in [0.717, 1.165) is 55.3 Å². The Balaban J connectivity index is 0.000000165. The molecule has 1 N–H and O–H groups in total. The van der Waals surface area contributed by atoms with Crippen molar-refractivity contribution in [1.82, 2.24) is 29.1 Å². The van der Waals surface area contributed by atoms with Gasteiger partial charge < -0.3 is 14.8 Å². The van der Waals surface area contributed by atoms with Gasteiger partial charge in [-0.15, -0.1) is 0 Å². The number of hydrogen-bond acceptors (Lipinski definition) is 8. The van der Waals surface area contributed by atoms with Gasteiger partial charge in [-0.1, -0.05) is 6.07 Å². The third kappa shape index (κ3) is 5.43. The molecule has 0 atom stereocenters. The molecule has 0 aliphatic carbocycles. The van der Waals surface area contributed by atoms with Gasteiger partial charge in [0.15, 0.2) is 6.29 Å². The molecule has 3 aromatic heterocycles. The third-order valence-corrected chi connectivity index (χ3v) is 7.19. The van der Waals surface area contributed by atoms with Gasteiger partial charge in [0, 0.05) is 67.3 Å². The van der Waals surface area contributed by atoms with E-state index in [1.807, 2.05) is 50.1 Å². The molecule has 1 saturated heterocycles. The second-order valence-electron chi connectivity index (χ2n) is 8.29. The van der Waals surface area contributed by atoms with Gasteiger partial charge in [-0.05, 0) is 50.9 Å². The van der Waals surface area contributed by atoms with E-state index < -0.39 is 0 Å². The zero-order chi connectivity index (χ0) is 23.2. The second-order valence-corrected chi connectivity index (χ2v) is 9.43. The van der Waals surface area contributed by atoms with Gasteiger partial charge in [-0.2, -0.15) is 0 Å². The number of hydrogen-bond donors (Lipinski definition) is 1. The maximum Gasteiger partial charge on any atom is 0.166 e. The van der Waals surface area contributed by atoms with Crippen molar-refractivity contribution >= 4 is 24.1 Å². The van der Waals surface area contributed by atoms with E-state index in [9.17, 15) is 4.79 Å². The van der Waals surface area contributed by atoms with Crippen LogP contribution in [0.2, 0.25) is 0 Å². The van der Waals surface area contributed by atoms with Crippen molar-refractivity contribution in [1.29, 1.82) is 0 Å². The highest BCUT2D eigenvalue weighted by Gasteiger charge is 2.22. The van der Waals surface area contributed by atoms with Crippen LogP contribution in [-0.2, 0) is 26.7 Å². The molecule has 9 heteroatoms. The lowest BCUT2D eigenvalue weighted by molar-refractivity contribution is 0.111. The summed E-state index contributed by atoms with van der Waals surface area (Å²) in [5.74, 6) is 1.17. The van der Waals surface area contributed by atoms with Crippen LogP contribution in [0.25, 0.3) is 0 Å². The summed E-state index contributed by atoms with van der Waals surface area (Å²) in [6, 6.07) is 6.09. The normalized spacial score (nSPS) is 15.3. The largest absolute Gasteiger partial charge is 0.356 e. The van der Waals surface area contributed by atoms with E-state index in [1.165, 1.54) is 29.8 Å². The van der Waals surface area contributed by atoms with Crippen molar-refractivity contribution in [2.45, 2.75) is 44.3 Å². The highest BCUT2D eigenvalue weighted by atomic mass is 32.2. The molecule has 1 fully saturated rings. The third-order valence-electron chi connectivity index (χ3n) is 6.07. The van der Waals surface area contributed by atoms with Crippen LogP contribution in [-0.4, -0.2) is 50.2 Å². The highest BCUT2D eigenvalue weighted by molar-refractivity contribution is 7.97. The minimum absolute atomic E-state index is 0.705. The first-order valence-electron chi connectivity index (χ1n) is 11.3. The summed E-state index contributed by atoms with van der Waals surface area (Å²) in [6.45, 7) is 6.90. The van der Waals surface area contributed by atoms with Crippen LogP contribution in [0.15, 0.2) is 41.8 Å². The van der Waals surface area contributed by atoms with Crippen molar-refractivity contribution in [2.75, 3.05) is 25.0 Å². The molecule has 0 spiro atoms. The first-order chi connectivity index (χ1) is 16.1. The van der Waals surface area contributed by atoms with Gasteiger partial charge in [0.1, 0.15) is 12.1 Å². The predicted molar refractivity (Wildman–Crippen MR) is 131 cm³/mol. The molecule has 0 saturated carbocycles. The number of carbonyl (C=O) groups excluding carboxylic acids is 1. The first-order valence-corrected chi connectivity index (χ1v) is 12.0. The fourth-order valence-electron chi connectivity index (χ4n) is 4.15. The Morgan fingerprint density at radius 3 is 2.73 bits per heavy atom. The van der Waals surface area contributed by atoms with E-state index in [0.29, 0.717) is 5.69 Å². The van der Waals surface area contributed by atoms with Crippen molar-refractivity contribution in [3.8, 4) is 0 Å². The number of anilines is 1. The van der Waals surface area contributed by atoms with Gasteiger partial charge in [-0.3, -0.25) is 4.79 Å². The summed E-state index contributed by atoms with van der Waals surface area (Å²) in [5.41, 5.74) is 5.38. The molecule has 0 amide bonds. The maximum atomic E-state index is 10.9. The van der Waals surface area contributed by atoms with E-state index in [-0.39, 0.29) is 0 Å². The molecule has 2 aliphatic heterocycles. The number of aromatic nitrogens is 4. The number of rotatable bonds is 6. The average Bonchev–Trinajstić information content (AvgIpc) is 3.56. The number of pyridine rings is 1. The molecule has 0 bridgehead atoms. The van der Waals surface area contributed by atoms with Gasteiger partial charge in [0.05, 0.1) is 17.9 Å². The molecule has 3 aromatic rings. The number of nitrogens with zero attached hydrogens (tertiary/aromatic N) is 6. The quantitative estimate of drug-likeness (QED) is 0.439. The van der Waals surface area contributed by atoms with Gasteiger partial charge in [-0.25, -0.2) is 19.3 Å². The molecule has 5 rings (SSSR count). The lowest BCUT2D eigenvalue weighted by Crippen LogP contribution is -2.22. The molecule has 5 heterocycles. The Kier molecular flexibility index (Phi) is 7.74. The lowest BCUT2D eigenvalue weighted by atomic mass is 10.2. The van der Waals surface area contributed by atoms with E-state index in [4.69, 9.17) is 0 Å². The van der Waals surface area contributed by atoms with Crippen LogP contribution in [0.3, 0.4) is 0 Å². The second kappa shape index (κ2) is 10.9. The van der Waals surface area contributed by atoms with Gasteiger partial charge in [0.25, 0.3) is 0 Å². The summed E-state index contributed by atoms with van der Waals surface area (Å²) in [5, 5.41) is 3.18. The Labute approximate surface area is 199 Å². The number of nitrogens with one attached hydrogen (secondary N) is 1. The summed E-state index contributed by atoms with van der Waals surface area (Å²) < 4.78 is 4.15. The molecular formula is C24H31N7OS. The zero-order valence-corrected chi connectivity index (χ0v) is 20.3. The van der Waals surface area contributed by atoms with E-state index in [1.54, 1.807) is 18.3 Å². The summed E-state index contributed by atoms with van der Waals surface area (Å²) in [7, 11) is 3.88. The molecule has 0 aromatic carbocycles. The highest BCUT2D eigenvalue weighted by Crippen LogP contribution is 2.34. The van der Waals surface area contributed by atoms with Crippen LogP contribution < -0.4 is 10.2 Å². The SMILES string of the molecule is CNCc1cccnc1N1CCCC1.Cc1c(SN2Cc3cncnc3C2)cc(C=O)n1C. The molecule has 33 heavy (non-hydrogen) atoms. The zero-order valence-electron chi connectivity index (χ0n) is 19.5. The van der Waals surface area contributed by atoms with Crippen LogP contribution in [0.1, 0.15) is 45.8 Å². The van der Waals surface area contributed by atoms with E-state index >= 15 is 0 Å². The topological polar surface area (TPSA) is 79.2 Å². The Bertz CT molecular complexity index is 1070. The number of fused-ring (bicyclic) bond motifs is 1. The van der Waals surface area contributed by atoms with Crippen molar-refractivity contribution < 1.29 is 4.79 Å². The fourth-order valence-corrected chi connectivity index (χ4v) is 5.26. The summed E-state index contributed by atoms with van der Waals surface area (Å²) >= 11 is 1.67. The van der Waals surface area contributed by atoms with Crippen molar-refractivity contribution in [3.05, 3.63) is 65.1 Å². The predicted octanol–water partition coefficient (Wildman–Crippen LogP) is 3.36. The Hall–Kier alpha value is -2.75. The smallest absolute Gasteiger partial charge is 0.166 e. The molecular weight excluding hydrogens is 434 g/mol. The molecule has 174 valence electrons. The summed E-state index contributed by atoms with van der Waals surface area (Å²) in [6.07, 6.45) is 8.84.